The van der Waals surface area contributed by atoms with Crippen LogP contribution in [0.5, 0.6) is 0 Å². The number of hydrogen-bond donors (Lipinski definition) is 1. The van der Waals surface area contributed by atoms with Crippen LogP contribution < -0.4 is 5.73 Å². The summed E-state index contributed by atoms with van der Waals surface area (Å²) in [6.07, 6.45) is 1.74. The Kier molecular flexibility index (Phi) is 4.94. The van der Waals surface area contributed by atoms with Crippen molar-refractivity contribution in [2.75, 3.05) is 6.54 Å². The fourth-order valence-corrected chi connectivity index (χ4v) is 4.31. The van der Waals surface area contributed by atoms with Crippen molar-refractivity contribution in [3.63, 3.8) is 0 Å². The maximum Gasteiger partial charge on any atom is 0.273 e. The van der Waals surface area contributed by atoms with Crippen LogP contribution in [-0.4, -0.2) is 42.1 Å². The second-order valence-corrected chi connectivity index (χ2v) is 8.29. The maximum atomic E-state index is 13.0. The van der Waals surface area contributed by atoms with E-state index in [9.17, 15) is 4.79 Å². The normalized spacial score (nSPS) is 17.6. The average Bonchev–Trinajstić information content (AvgIpc) is 3.35. The molecule has 146 valence electrons. The SMILES string of the molecule is CC(C)[C@H](N)c1nc(C(=O)N2Cc3nnc(-c4ccccn4)n3[C@@H](C)C2)cs1. The zero-order valence-corrected chi connectivity index (χ0v) is 16.9. The van der Waals surface area contributed by atoms with Gasteiger partial charge < -0.3 is 15.2 Å². The third-order valence-electron chi connectivity index (χ3n) is 4.95. The molecule has 4 heterocycles. The Balaban J connectivity index is 1.57. The van der Waals surface area contributed by atoms with E-state index in [1.165, 1.54) is 11.3 Å². The molecule has 2 N–H and O–H groups in total. The molecule has 8 nitrogen and oxygen atoms in total. The minimum atomic E-state index is -0.157. The van der Waals surface area contributed by atoms with E-state index in [0.29, 0.717) is 18.8 Å². The summed E-state index contributed by atoms with van der Waals surface area (Å²) in [6, 6.07) is 5.59. The monoisotopic (exact) mass is 397 g/mol. The predicted octanol–water partition coefficient (Wildman–Crippen LogP) is 2.67. The molecule has 4 rings (SSSR count). The highest BCUT2D eigenvalue weighted by Crippen LogP contribution is 2.28. The summed E-state index contributed by atoms with van der Waals surface area (Å²) in [5, 5.41) is 11.2. The topological polar surface area (TPSA) is 103 Å². The molecule has 0 unspecified atom stereocenters. The second-order valence-electron chi connectivity index (χ2n) is 7.40. The first kappa shape index (κ1) is 18.7. The molecule has 2 atom stereocenters. The van der Waals surface area contributed by atoms with Crippen LogP contribution in [0.3, 0.4) is 0 Å². The van der Waals surface area contributed by atoms with Crippen molar-refractivity contribution in [3.8, 4) is 11.5 Å². The fraction of sp³-hybridized carbons (Fsp3) is 0.421. The Morgan fingerprint density at radius 2 is 2.14 bits per heavy atom. The lowest BCUT2D eigenvalue weighted by Gasteiger charge is -2.32. The van der Waals surface area contributed by atoms with Gasteiger partial charge in [-0.1, -0.05) is 19.9 Å². The smallest absolute Gasteiger partial charge is 0.273 e. The number of hydrogen-bond acceptors (Lipinski definition) is 7. The number of carbonyl (C=O) groups excluding carboxylic acids is 1. The van der Waals surface area contributed by atoms with E-state index >= 15 is 0 Å². The first-order chi connectivity index (χ1) is 13.5. The van der Waals surface area contributed by atoms with Crippen molar-refractivity contribution in [1.82, 2.24) is 29.6 Å². The quantitative estimate of drug-likeness (QED) is 0.726. The van der Waals surface area contributed by atoms with Gasteiger partial charge in [0.2, 0.25) is 0 Å². The molecule has 3 aromatic heterocycles. The molecule has 0 saturated carbocycles. The Bertz CT molecular complexity index is 981. The van der Waals surface area contributed by atoms with E-state index in [0.717, 1.165) is 22.4 Å². The number of thiazole rings is 1. The maximum absolute atomic E-state index is 13.0. The third kappa shape index (κ3) is 3.31. The number of amides is 1. The number of fused-ring (bicyclic) bond motifs is 1. The summed E-state index contributed by atoms with van der Waals surface area (Å²) >= 11 is 1.44. The van der Waals surface area contributed by atoms with E-state index in [1.807, 2.05) is 32.0 Å². The van der Waals surface area contributed by atoms with Gasteiger partial charge in [0, 0.05) is 18.1 Å². The molecule has 3 aromatic rings. The highest BCUT2D eigenvalue weighted by Gasteiger charge is 2.31. The summed E-state index contributed by atoms with van der Waals surface area (Å²) in [7, 11) is 0. The van der Waals surface area contributed by atoms with Crippen LogP contribution in [0.15, 0.2) is 29.8 Å². The Labute approximate surface area is 167 Å². The number of carbonyl (C=O) groups is 1. The van der Waals surface area contributed by atoms with E-state index in [4.69, 9.17) is 5.73 Å². The Hall–Kier alpha value is -2.65. The van der Waals surface area contributed by atoms with Gasteiger partial charge in [-0.25, -0.2) is 4.98 Å². The van der Waals surface area contributed by atoms with E-state index < -0.39 is 0 Å². The summed E-state index contributed by atoms with van der Waals surface area (Å²) in [5.74, 6) is 1.66. The fourth-order valence-electron chi connectivity index (χ4n) is 3.34. The number of pyridine rings is 1. The number of nitrogens with two attached hydrogens (primary N) is 1. The molecule has 0 aromatic carbocycles. The molecule has 0 radical (unpaired) electrons. The standard InChI is InChI=1S/C19H23N7OS/c1-11(2)16(20)18-22-14(10-28-18)19(27)25-8-12(3)26-15(9-25)23-24-17(26)13-6-4-5-7-21-13/h4-7,10-12,16H,8-9,20H2,1-3H3/t12-,16-/m0/s1. The van der Waals surface area contributed by atoms with Crippen LogP contribution in [0.1, 0.15) is 54.2 Å². The number of rotatable bonds is 4. The second kappa shape index (κ2) is 7.40. The van der Waals surface area contributed by atoms with Crippen LogP contribution in [0.4, 0.5) is 0 Å². The summed E-state index contributed by atoms with van der Waals surface area (Å²) in [6.45, 7) is 7.11. The molecule has 9 heteroatoms. The van der Waals surface area contributed by atoms with Gasteiger partial charge in [0.25, 0.3) is 5.91 Å². The molecule has 1 aliphatic heterocycles. The van der Waals surface area contributed by atoms with E-state index in [-0.39, 0.29) is 23.9 Å². The lowest BCUT2D eigenvalue weighted by atomic mass is 10.1. The largest absolute Gasteiger partial charge is 0.328 e. The Morgan fingerprint density at radius 1 is 1.32 bits per heavy atom. The molecule has 0 bridgehead atoms. The Morgan fingerprint density at radius 3 is 2.86 bits per heavy atom. The van der Waals surface area contributed by atoms with Crippen LogP contribution in [0.25, 0.3) is 11.5 Å². The van der Waals surface area contributed by atoms with Gasteiger partial charge in [-0.3, -0.25) is 9.78 Å². The van der Waals surface area contributed by atoms with Crippen molar-refractivity contribution in [3.05, 3.63) is 46.3 Å². The van der Waals surface area contributed by atoms with Gasteiger partial charge in [-0.2, -0.15) is 0 Å². The zero-order chi connectivity index (χ0) is 19.8. The first-order valence-corrected chi connectivity index (χ1v) is 10.2. The molecule has 0 saturated heterocycles. The molecule has 1 amide bonds. The van der Waals surface area contributed by atoms with Gasteiger partial charge in [-0.05, 0) is 25.0 Å². The van der Waals surface area contributed by atoms with E-state index in [1.54, 1.807) is 16.5 Å². The molecular formula is C19H23N7OS. The van der Waals surface area contributed by atoms with Gasteiger partial charge in [0.1, 0.15) is 16.4 Å². The predicted molar refractivity (Wildman–Crippen MR) is 107 cm³/mol. The highest BCUT2D eigenvalue weighted by atomic mass is 32.1. The van der Waals surface area contributed by atoms with Crippen LogP contribution in [-0.2, 0) is 6.54 Å². The van der Waals surface area contributed by atoms with Crippen molar-refractivity contribution in [2.24, 2.45) is 11.7 Å². The molecular weight excluding hydrogens is 374 g/mol. The first-order valence-electron chi connectivity index (χ1n) is 9.31. The molecule has 28 heavy (non-hydrogen) atoms. The zero-order valence-electron chi connectivity index (χ0n) is 16.1. The number of nitrogens with zero attached hydrogens (tertiary/aromatic N) is 6. The summed E-state index contributed by atoms with van der Waals surface area (Å²) < 4.78 is 2.06. The van der Waals surface area contributed by atoms with Gasteiger partial charge in [-0.15, -0.1) is 21.5 Å². The van der Waals surface area contributed by atoms with E-state index in [2.05, 4.69) is 31.7 Å². The van der Waals surface area contributed by atoms with Gasteiger partial charge >= 0.3 is 0 Å². The summed E-state index contributed by atoms with van der Waals surface area (Å²) in [4.78, 5) is 23.6. The average molecular weight is 398 g/mol. The van der Waals surface area contributed by atoms with Crippen molar-refractivity contribution in [1.29, 1.82) is 0 Å². The minimum Gasteiger partial charge on any atom is -0.328 e. The van der Waals surface area contributed by atoms with Crippen molar-refractivity contribution < 1.29 is 4.79 Å². The van der Waals surface area contributed by atoms with Gasteiger partial charge in [0.15, 0.2) is 11.6 Å². The highest BCUT2D eigenvalue weighted by molar-refractivity contribution is 7.09. The lowest BCUT2D eigenvalue weighted by molar-refractivity contribution is 0.0676. The molecule has 0 spiro atoms. The van der Waals surface area contributed by atoms with Crippen LogP contribution in [0.2, 0.25) is 0 Å². The van der Waals surface area contributed by atoms with Crippen LogP contribution in [0, 0.1) is 5.92 Å². The van der Waals surface area contributed by atoms with Crippen LogP contribution >= 0.6 is 11.3 Å². The third-order valence-corrected chi connectivity index (χ3v) is 5.90. The molecule has 0 fully saturated rings. The molecule has 0 aliphatic carbocycles. The summed E-state index contributed by atoms with van der Waals surface area (Å²) in [5.41, 5.74) is 7.39. The van der Waals surface area contributed by atoms with Gasteiger partial charge in [0.05, 0.1) is 18.6 Å². The van der Waals surface area contributed by atoms with Crippen molar-refractivity contribution >= 4 is 17.2 Å². The number of aromatic nitrogens is 5. The molecule has 1 aliphatic rings. The van der Waals surface area contributed by atoms with Crippen molar-refractivity contribution in [2.45, 2.75) is 39.4 Å². The lowest BCUT2D eigenvalue weighted by Crippen LogP contribution is -2.40. The minimum absolute atomic E-state index is 0.0377.